The fourth-order valence-corrected chi connectivity index (χ4v) is 1.95. The first kappa shape index (κ1) is 16.7. The number of hydrazone groups is 1. The normalized spacial score (nSPS) is 10.7. The maximum atomic E-state index is 11.0. The number of hydrogen-bond donors (Lipinski definition) is 1. The van der Waals surface area contributed by atoms with Gasteiger partial charge >= 0.3 is 5.69 Å². The molecule has 2 aromatic rings. The van der Waals surface area contributed by atoms with Crippen LogP contribution in [0.5, 0.6) is 0 Å². The molecule has 0 amide bonds. The molecule has 0 saturated carbocycles. The van der Waals surface area contributed by atoms with E-state index in [2.05, 4.69) is 10.5 Å². The molecule has 0 aromatic heterocycles. The number of nitrogens with one attached hydrogen (secondary N) is 1. The van der Waals surface area contributed by atoms with Crippen LogP contribution >= 0.6 is 23.2 Å². The largest absolute Gasteiger partial charge is 0.301 e. The first-order chi connectivity index (χ1) is 10.9. The highest BCUT2D eigenvalue weighted by Crippen LogP contribution is 2.29. The van der Waals surface area contributed by atoms with Crippen LogP contribution in [0.1, 0.15) is 5.56 Å². The van der Waals surface area contributed by atoms with Crippen LogP contribution in [-0.2, 0) is 0 Å². The number of benzene rings is 2. The van der Waals surface area contributed by atoms with Crippen LogP contribution in [0.15, 0.2) is 41.5 Å². The third kappa shape index (κ3) is 4.15. The van der Waals surface area contributed by atoms with Gasteiger partial charge in [-0.05, 0) is 23.8 Å². The summed E-state index contributed by atoms with van der Waals surface area (Å²) in [6.45, 7) is 0. The Bertz CT molecular complexity index is 811. The Morgan fingerprint density at radius 3 is 2.35 bits per heavy atom. The topological polar surface area (TPSA) is 111 Å². The number of rotatable bonds is 5. The average Bonchev–Trinajstić information content (AvgIpc) is 2.50. The summed E-state index contributed by atoms with van der Waals surface area (Å²) < 4.78 is 0. The number of nitro benzene ring substituents is 2. The van der Waals surface area contributed by atoms with E-state index in [0.29, 0.717) is 15.6 Å². The monoisotopic (exact) mass is 354 g/mol. The zero-order valence-electron chi connectivity index (χ0n) is 11.3. The Balaban J connectivity index is 2.22. The van der Waals surface area contributed by atoms with Crippen LogP contribution in [-0.4, -0.2) is 16.1 Å². The van der Waals surface area contributed by atoms with Crippen molar-refractivity contribution in [2.45, 2.75) is 0 Å². The Kier molecular flexibility index (Phi) is 5.09. The highest BCUT2D eigenvalue weighted by molar-refractivity contribution is 6.42. The van der Waals surface area contributed by atoms with Gasteiger partial charge in [0.1, 0.15) is 5.69 Å². The lowest BCUT2D eigenvalue weighted by Crippen LogP contribution is -1.98. The summed E-state index contributed by atoms with van der Waals surface area (Å²) >= 11 is 11.6. The quantitative estimate of drug-likeness (QED) is 0.489. The highest BCUT2D eigenvalue weighted by Gasteiger charge is 2.19. The van der Waals surface area contributed by atoms with Crippen molar-refractivity contribution < 1.29 is 9.85 Å². The number of halogens is 2. The van der Waals surface area contributed by atoms with E-state index >= 15 is 0 Å². The molecule has 10 heteroatoms. The van der Waals surface area contributed by atoms with Crippen molar-refractivity contribution in [3.05, 3.63) is 72.2 Å². The van der Waals surface area contributed by atoms with Crippen molar-refractivity contribution >= 4 is 46.5 Å². The molecular formula is C13H8Cl2N4O4. The standard InChI is InChI=1S/C13H8Cl2N4O4/c14-10-3-1-8(5-11(10)15)7-16-17-12-4-2-9(18(20)21)6-13(12)19(22)23/h1-7,17H. The van der Waals surface area contributed by atoms with Gasteiger partial charge in [-0.15, -0.1) is 0 Å². The van der Waals surface area contributed by atoms with E-state index in [1.807, 2.05) is 0 Å². The van der Waals surface area contributed by atoms with Crippen LogP contribution in [0.25, 0.3) is 0 Å². The van der Waals surface area contributed by atoms with Gasteiger partial charge in [0, 0.05) is 6.07 Å². The predicted octanol–water partition coefficient (Wildman–Crippen LogP) is 4.26. The summed E-state index contributed by atoms with van der Waals surface area (Å²) in [5, 5.41) is 26.2. The van der Waals surface area contributed by atoms with Crippen molar-refractivity contribution in [2.24, 2.45) is 5.10 Å². The maximum Gasteiger partial charge on any atom is 0.301 e. The molecule has 0 heterocycles. The van der Waals surface area contributed by atoms with Gasteiger partial charge in [0.25, 0.3) is 5.69 Å². The molecule has 0 atom stereocenters. The molecule has 0 spiro atoms. The van der Waals surface area contributed by atoms with Crippen molar-refractivity contribution in [3.8, 4) is 0 Å². The second-order valence-electron chi connectivity index (χ2n) is 4.26. The molecule has 0 aliphatic heterocycles. The molecule has 0 aliphatic rings. The summed E-state index contributed by atoms with van der Waals surface area (Å²) in [7, 11) is 0. The van der Waals surface area contributed by atoms with Crippen LogP contribution in [0, 0.1) is 20.2 Å². The highest BCUT2D eigenvalue weighted by atomic mass is 35.5. The van der Waals surface area contributed by atoms with Crippen molar-refractivity contribution in [1.82, 2.24) is 0 Å². The number of anilines is 1. The second-order valence-corrected chi connectivity index (χ2v) is 5.07. The molecule has 0 saturated heterocycles. The van der Waals surface area contributed by atoms with Crippen molar-refractivity contribution in [3.63, 3.8) is 0 Å². The predicted molar refractivity (Wildman–Crippen MR) is 87.4 cm³/mol. The Hall–Kier alpha value is -2.71. The Labute approximate surface area is 139 Å². The van der Waals surface area contributed by atoms with E-state index in [0.717, 1.165) is 12.1 Å². The molecule has 0 bridgehead atoms. The molecular weight excluding hydrogens is 347 g/mol. The lowest BCUT2D eigenvalue weighted by atomic mass is 10.2. The maximum absolute atomic E-state index is 11.0. The number of nitro groups is 2. The number of hydrogen-bond acceptors (Lipinski definition) is 6. The molecule has 1 N–H and O–H groups in total. The van der Waals surface area contributed by atoms with Gasteiger partial charge in [-0.25, -0.2) is 0 Å². The molecule has 0 fully saturated rings. The van der Waals surface area contributed by atoms with Gasteiger partial charge in [0.05, 0.1) is 32.2 Å². The zero-order valence-corrected chi connectivity index (χ0v) is 12.8. The van der Waals surface area contributed by atoms with Gasteiger partial charge in [0.2, 0.25) is 0 Å². The summed E-state index contributed by atoms with van der Waals surface area (Å²) in [5.41, 5.74) is 2.29. The molecule has 0 aliphatic carbocycles. The first-order valence-electron chi connectivity index (χ1n) is 6.05. The molecule has 0 radical (unpaired) electrons. The van der Waals surface area contributed by atoms with Crippen molar-refractivity contribution in [2.75, 3.05) is 5.43 Å². The van der Waals surface area contributed by atoms with E-state index in [4.69, 9.17) is 23.2 Å². The van der Waals surface area contributed by atoms with Gasteiger partial charge < -0.3 is 0 Å². The fourth-order valence-electron chi connectivity index (χ4n) is 1.65. The van der Waals surface area contributed by atoms with Gasteiger partial charge in [-0.2, -0.15) is 5.10 Å². The lowest BCUT2D eigenvalue weighted by molar-refractivity contribution is -0.393. The molecule has 8 nitrogen and oxygen atoms in total. The minimum absolute atomic E-state index is 0.0249. The average molecular weight is 355 g/mol. The summed E-state index contributed by atoms with van der Waals surface area (Å²) in [6, 6.07) is 8.02. The van der Waals surface area contributed by atoms with Gasteiger partial charge in [0.15, 0.2) is 0 Å². The minimum Gasteiger partial charge on any atom is -0.272 e. The SMILES string of the molecule is O=[N+]([O-])c1ccc(NN=Cc2ccc(Cl)c(Cl)c2)c([N+](=O)[O-])c1. The van der Waals surface area contributed by atoms with E-state index in [1.54, 1.807) is 18.2 Å². The molecule has 23 heavy (non-hydrogen) atoms. The third-order valence-electron chi connectivity index (χ3n) is 2.73. The number of non-ortho nitro benzene ring substituents is 1. The van der Waals surface area contributed by atoms with Crippen LogP contribution in [0.3, 0.4) is 0 Å². The third-order valence-corrected chi connectivity index (χ3v) is 3.47. The van der Waals surface area contributed by atoms with E-state index in [1.165, 1.54) is 12.3 Å². The molecule has 2 aromatic carbocycles. The van der Waals surface area contributed by atoms with E-state index < -0.39 is 15.5 Å². The fraction of sp³-hybridized carbons (Fsp3) is 0. The summed E-state index contributed by atoms with van der Waals surface area (Å²) in [4.78, 5) is 20.2. The van der Waals surface area contributed by atoms with Gasteiger partial charge in [-0.1, -0.05) is 29.3 Å². The molecule has 0 unspecified atom stereocenters. The first-order valence-corrected chi connectivity index (χ1v) is 6.81. The van der Waals surface area contributed by atoms with Crippen LogP contribution in [0.2, 0.25) is 10.0 Å². The zero-order chi connectivity index (χ0) is 17.0. The molecule has 2 rings (SSSR count). The lowest BCUT2D eigenvalue weighted by Gasteiger charge is -2.02. The summed E-state index contributed by atoms with van der Waals surface area (Å²) in [6.07, 6.45) is 1.38. The smallest absolute Gasteiger partial charge is 0.272 e. The minimum atomic E-state index is -0.732. The summed E-state index contributed by atoms with van der Waals surface area (Å²) in [5.74, 6) is 0. The Morgan fingerprint density at radius 2 is 1.74 bits per heavy atom. The Morgan fingerprint density at radius 1 is 1.00 bits per heavy atom. The van der Waals surface area contributed by atoms with E-state index in [9.17, 15) is 20.2 Å². The number of nitrogens with zero attached hydrogens (tertiary/aromatic N) is 3. The van der Waals surface area contributed by atoms with Crippen LogP contribution < -0.4 is 5.43 Å². The van der Waals surface area contributed by atoms with E-state index in [-0.39, 0.29) is 11.4 Å². The van der Waals surface area contributed by atoms with Gasteiger partial charge in [-0.3, -0.25) is 25.7 Å². The molecule has 118 valence electrons. The second kappa shape index (κ2) is 7.03. The van der Waals surface area contributed by atoms with Crippen molar-refractivity contribution in [1.29, 1.82) is 0 Å². The van der Waals surface area contributed by atoms with Crippen LogP contribution in [0.4, 0.5) is 17.1 Å².